The van der Waals surface area contributed by atoms with E-state index in [1.807, 2.05) is 22.5 Å². The van der Waals surface area contributed by atoms with Crippen LogP contribution in [0.4, 0.5) is 0 Å². The van der Waals surface area contributed by atoms with E-state index in [0.717, 1.165) is 11.6 Å². The Hall–Kier alpha value is -2.98. The average molecular weight is 355 g/mol. The van der Waals surface area contributed by atoms with E-state index in [1.54, 1.807) is 11.3 Å². The Bertz CT molecular complexity index is 1010. The maximum Gasteiger partial charge on any atom is 0.210 e. The number of hydrogen-bond acceptors (Lipinski definition) is 3. The Kier molecular flexibility index (Phi) is 3.57. The monoisotopic (exact) mass is 355 g/mol. The zero-order valence-electron chi connectivity index (χ0n) is 14.1. The molecular formula is C22H17N3S. The van der Waals surface area contributed by atoms with Crippen LogP contribution in [0.1, 0.15) is 22.4 Å². The van der Waals surface area contributed by atoms with E-state index >= 15 is 0 Å². The van der Waals surface area contributed by atoms with Crippen LogP contribution in [0.3, 0.4) is 0 Å². The zero-order valence-corrected chi connectivity index (χ0v) is 14.9. The largest absolute Gasteiger partial charge is 0.227 e. The third-order valence-corrected chi connectivity index (χ3v) is 5.82. The van der Waals surface area contributed by atoms with E-state index in [0.29, 0.717) is 0 Å². The van der Waals surface area contributed by atoms with Crippen molar-refractivity contribution < 1.29 is 0 Å². The summed E-state index contributed by atoms with van der Waals surface area (Å²) in [6.07, 6.45) is 9.15. The smallest absolute Gasteiger partial charge is 0.210 e. The van der Waals surface area contributed by atoms with Gasteiger partial charge in [0.2, 0.25) is 5.13 Å². The van der Waals surface area contributed by atoms with Gasteiger partial charge in [-0.1, -0.05) is 72.8 Å². The minimum absolute atomic E-state index is 0.204. The lowest BCUT2D eigenvalue weighted by molar-refractivity contribution is 0.604. The summed E-state index contributed by atoms with van der Waals surface area (Å²) in [5, 5.41) is 7.51. The average Bonchev–Trinajstić information content (AvgIpc) is 3.38. The van der Waals surface area contributed by atoms with Crippen molar-refractivity contribution in [1.29, 1.82) is 0 Å². The van der Waals surface area contributed by atoms with Crippen LogP contribution in [0.25, 0.3) is 11.2 Å². The molecule has 0 fully saturated rings. The van der Waals surface area contributed by atoms with Gasteiger partial charge in [0, 0.05) is 29.0 Å². The maximum absolute atomic E-state index is 4.61. The normalized spacial score (nSPS) is 14.9. The molecule has 0 radical (unpaired) electrons. The topological polar surface area (TPSA) is 30.7 Å². The summed E-state index contributed by atoms with van der Waals surface area (Å²) in [7, 11) is 0. The second-order valence-corrected chi connectivity index (χ2v) is 7.36. The summed E-state index contributed by atoms with van der Waals surface area (Å²) < 4.78 is 1.99. The molecule has 3 nitrogen and oxygen atoms in total. The fraction of sp³-hybridized carbons (Fsp3) is 0.0909. The van der Waals surface area contributed by atoms with Gasteiger partial charge in [-0.2, -0.15) is 5.10 Å². The van der Waals surface area contributed by atoms with Gasteiger partial charge in [0.1, 0.15) is 0 Å². The van der Waals surface area contributed by atoms with Gasteiger partial charge in [-0.15, -0.1) is 11.3 Å². The summed E-state index contributed by atoms with van der Waals surface area (Å²) in [5.74, 6) is 0. The first kappa shape index (κ1) is 15.3. The third-order valence-electron chi connectivity index (χ3n) is 5.07. The molecular weight excluding hydrogens is 338 g/mol. The van der Waals surface area contributed by atoms with Crippen LogP contribution >= 0.6 is 11.3 Å². The minimum Gasteiger partial charge on any atom is -0.227 e. The summed E-state index contributed by atoms with van der Waals surface area (Å²) in [4.78, 5) is 4.45. The summed E-state index contributed by atoms with van der Waals surface area (Å²) in [6, 6.07) is 21.4. The molecule has 0 atom stereocenters. The van der Waals surface area contributed by atoms with E-state index in [4.69, 9.17) is 0 Å². The molecule has 5 rings (SSSR count). The molecule has 26 heavy (non-hydrogen) atoms. The lowest BCUT2D eigenvalue weighted by Gasteiger charge is -2.35. The Balaban J connectivity index is 1.71. The molecule has 4 heteroatoms. The second-order valence-electron chi connectivity index (χ2n) is 6.49. The van der Waals surface area contributed by atoms with Gasteiger partial charge in [-0.3, -0.25) is 0 Å². The molecule has 1 aliphatic carbocycles. The first-order chi connectivity index (χ1) is 12.9. The highest BCUT2D eigenvalue weighted by Crippen LogP contribution is 2.42. The highest BCUT2D eigenvalue weighted by Gasteiger charge is 2.36. The van der Waals surface area contributed by atoms with Crippen LogP contribution in [0.15, 0.2) is 84.5 Å². The third kappa shape index (κ3) is 2.34. The fourth-order valence-electron chi connectivity index (χ4n) is 3.78. The van der Waals surface area contributed by atoms with E-state index in [-0.39, 0.29) is 5.41 Å². The van der Waals surface area contributed by atoms with Crippen molar-refractivity contribution in [3.8, 4) is 5.13 Å². The quantitative estimate of drug-likeness (QED) is 0.524. The number of aromatic nitrogens is 3. The molecule has 0 saturated heterocycles. The SMILES string of the molecule is C1=CC(c2ccccc2)(c2ccccc2)Cc2c1cnn2-c1nccs1. The Morgan fingerprint density at radius 3 is 2.23 bits per heavy atom. The number of benzene rings is 2. The summed E-state index contributed by atoms with van der Waals surface area (Å²) in [6.45, 7) is 0. The van der Waals surface area contributed by atoms with Crippen LogP contribution < -0.4 is 0 Å². The molecule has 2 aromatic carbocycles. The number of fused-ring (bicyclic) bond motifs is 1. The van der Waals surface area contributed by atoms with Gasteiger partial charge in [-0.05, 0) is 11.1 Å². The molecule has 0 unspecified atom stereocenters. The second kappa shape index (κ2) is 6.07. The fourth-order valence-corrected chi connectivity index (χ4v) is 4.40. The van der Waals surface area contributed by atoms with Crippen molar-refractivity contribution >= 4 is 17.4 Å². The van der Waals surface area contributed by atoms with E-state index in [9.17, 15) is 0 Å². The van der Waals surface area contributed by atoms with Gasteiger partial charge >= 0.3 is 0 Å². The van der Waals surface area contributed by atoms with Crippen LogP contribution in [0.2, 0.25) is 0 Å². The van der Waals surface area contributed by atoms with Gasteiger partial charge in [0.15, 0.2) is 0 Å². The summed E-state index contributed by atoms with van der Waals surface area (Å²) in [5.41, 5.74) is 4.75. The van der Waals surface area contributed by atoms with Crippen molar-refractivity contribution in [2.75, 3.05) is 0 Å². The predicted molar refractivity (Wildman–Crippen MR) is 106 cm³/mol. The van der Waals surface area contributed by atoms with Crippen LogP contribution in [0.5, 0.6) is 0 Å². The molecule has 0 saturated carbocycles. The Morgan fingerprint density at radius 2 is 1.62 bits per heavy atom. The van der Waals surface area contributed by atoms with E-state index in [2.05, 4.69) is 82.9 Å². The molecule has 0 amide bonds. The molecule has 4 aromatic rings. The van der Waals surface area contributed by atoms with Gasteiger partial charge in [0.05, 0.1) is 11.9 Å². The number of nitrogens with zero attached hydrogens (tertiary/aromatic N) is 3. The lowest BCUT2D eigenvalue weighted by Crippen LogP contribution is -2.31. The van der Waals surface area contributed by atoms with Crippen molar-refractivity contribution in [3.63, 3.8) is 0 Å². The first-order valence-electron chi connectivity index (χ1n) is 8.64. The van der Waals surface area contributed by atoms with Crippen molar-refractivity contribution in [2.45, 2.75) is 11.8 Å². The molecule has 0 aliphatic heterocycles. The molecule has 2 heterocycles. The minimum atomic E-state index is -0.204. The predicted octanol–water partition coefficient (Wildman–Crippen LogP) is 4.88. The van der Waals surface area contributed by atoms with Gasteiger partial charge in [-0.25, -0.2) is 9.67 Å². The zero-order chi connectivity index (χ0) is 17.4. The van der Waals surface area contributed by atoms with Gasteiger partial charge in [0.25, 0.3) is 0 Å². The van der Waals surface area contributed by atoms with E-state index in [1.165, 1.54) is 22.4 Å². The van der Waals surface area contributed by atoms with Crippen molar-refractivity contribution in [2.24, 2.45) is 0 Å². The first-order valence-corrected chi connectivity index (χ1v) is 9.52. The summed E-state index contributed by atoms with van der Waals surface area (Å²) >= 11 is 1.61. The standard InChI is InChI=1S/C22H17N3S/c1-3-7-18(8-4-1)22(19-9-5-2-6-10-19)12-11-17-16-24-25(20(17)15-22)21-23-13-14-26-21/h1-14,16H,15H2. The van der Waals surface area contributed by atoms with Crippen LogP contribution in [0, 0.1) is 0 Å². The molecule has 2 aromatic heterocycles. The number of thiazole rings is 1. The Morgan fingerprint density at radius 1 is 0.923 bits per heavy atom. The lowest BCUT2D eigenvalue weighted by atomic mass is 9.68. The van der Waals surface area contributed by atoms with E-state index < -0.39 is 0 Å². The Labute approximate surface area is 156 Å². The number of hydrogen-bond donors (Lipinski definition) is 0. The van der Waals surface area contributed by atoms with Crippen LogP contribution in [-0.2, 0) is 11.8 Å². The highest BCUT2D eigenvalue weighted by atomic mass is 32.1. The molecule has 1 aliphatic rings. The molecule has 0 N–H and O–H groups in total. The maximum atomic E-state index is 4.61. The number of rotatable bonds is 3. The van der Waals surface area contributed by atoms with Crippen molar-refractivity contribution in [1.82, 2.24) is 14.8 Å². The van der Waals surface area contributed by atoms with Crippen molar-refractivity contribution in [3.05, 3.63) is 107 Å². The van der Waals surface area contributed by atoms with Gasteiger partial charge < -0.3 is 0 Å². The molecule has 0 bridgehead atoms. The highest BCUT2D eigenvalue weighted by molar-refractivity contribution is 7.12. The van der Waals surface area contributed by atoms with Crippen LogP contribution in [-0.4, -0.2) is 14.8 Å². The molecule has 126 valence electrons. The number of allylic oxidation sites excluding steroid dienone is 1. The molecule has 0 spiro atoms.